The lowest BCUT2D eigenvalue weighted by molar-refractivity contribution is -0.199. The lowest BCUT2D eigenvalue weighted by atomic mass is 9.43. The van der Waals surface area contributed by atoms with E-state index in [1.54, 1.807) is 6.92 Å². The van der Waals surface area contributed by atoms with Crippen molar-refractivity contribution in [2.24, 2.45) is 23.2 Å². The Morgan fingerprint density at radius 2 is 1.89 bits per heavy atom. The second-order valence-corrected chi connectivity index (χ2v) is 10.4. The second-order valence-electron chi connectivity index (χ2n) is 10.4. The van der Waals surface area contributed by atoms with E-state index in [2.05, 4.69) is 31.4 Å². The van der Waals surface area contributed by atoms with E-state index in [1.807, 2.05) is 0 Å². The van der Waals surface area contributed by atoms with Crippen molar-refractivity contribution in [2.75, 3.05) is 0 Å². The molecule has 0 radical (unpaired) electrons. The summed E-state index contributed by atoms with van der Waals surface area (Å²) in [7, 11) is -0.403. The zero-order chi connectivity index (χ0) is 20.3. The summed E-state index contributed by atoms with van der Waals surface area (Å²) in [6.07, 6.45) is 6.93. The minimum absolute atomic E-state index is 0.114. The standard InChI is InChI=1S/C21H35BN2O4/c1-12(23-13(2)25)19(26)24-18(9-14-7-6-8-14)22-27-17-11-15-10-16(20(15,3)4)21(17,5)28-22/h12,14-18H,6-11H2,1-5H3,(H,23,25)(H,24,26)/t12?,15?,16?,17-,18+,21+/m1/s1. The summed E-state index contributed by atoms with van der Waals surface area (Å²) >= 11 is 0. The lowest BCUT2D eigenvalue weighted by Gasteiger charge is -2.64. The molecule has 156 valence electrons. The van der Waals surface area contributed by atoms with Gasteiger partial charge in [-0.1, -0.05) is 33.1 Å². The van der Waals surface area contributed by atoms with Crippen molar-refractivity contribution in [3.63, 3.8) is 0 Å². The van der Waals surface area contributed by atoms with Crippen molar-refractivity contribution in [3.05, 3.63) is 0 Å². The molecular weight excluding hydrogens is 355 g/mol. The first-order valence-electron chi connectivity index (χ1n) is 11.0. The van der Waals surface area contributed by atoms with Gasteiger partial charge in [-0.3, -0.25) is 9.59 Å². The summed E-state index contributed by atoms with van der Waals surface area (Å²) in [6.45, 7) is 10.1. The third kappa shape index (κ3) is 3.28. The number of amides is 2. The minimum atomic E-state index is -0.563. The topological polar surface area (TPSA) is 76.7 Å². The Kier molecular flexibility index (Phi) is 5.06. The Bertz CT molecular complexity index is 652. The molecule has 5 aliphatic rings. The van der Waals surface area contributed by atoms with Gasteiger partial charge >= 0.3 is 7.12 Å². The third-order valence-electron chi connectivity index (χ3n) is 8.25. The summed E-state index contributed by atoms with van der Waals surface area (Å²) in [5.74, 6) is 1.29. The van der Waals surface area contributed by atoms with Gasteiger partial charge in [0.25, 0.3) is 0 Å². The van der Waals surface area contributed by atoms with Crippen LogP contribution in [0, 0.1) is 23.2 Å². The fraction of sp³-hybridized carbons (Fsp3) is 0.905. The number of hydrogen-bond acceptors (Lipinski definition) is 4. The van der Waals surface area contributed by atoms with Crippen LogP contribution in [0.25, 0.3) is 0 Å². The van der Waals surface area contributed by atoms with Crippen LogP contribution in [0.5, 0.6) is 0 Å². The van der Waals surface area contributed by atoms with E-state index in [-0.39, 0.29) is 29.5 Å². The maximum Gasteiger partial charge on any atom is 0.481 e. The zero-order valence-corrected chi connectivity index (χ0v) is 17.9. The maximum atomic E-state index is 12.7. The van der Waals surface area contributed by atoms with Crippen LogP contribution in [0.3, 0.4) is 0 Å². The summed E-state index contributed by atoms with van der Waals surface area (Å²) < 4.78 is 13.0. The Balaban J connectivity index is 1.46. The SMILES string of the molecule is CC(=O)NC(C)C(=O)N[C@@H](CC1CCC1)B1O[C@@H]2CC3CC(C3(C)C)[C@]2(C)O1. The fourth-order valence-electron chi connectivity index (χ4n) is 6.07. The molecule has 1 saturated heterocycles. The van der Waals surface area contributed by atoms with E-state index < -0.39 is 13.2 Å². The molecule has 7 heteroatoms. The Hall–Kier alpha value is -1.08. The largest absolute Gasteiger partial charge is 0.481 e. The molecule has 1 heterocycles. The summed E-state index contributed by atoms with van der Waals surface area (Å²) in [4.78, 5) is 24.0. The molecule has 5 fully saturated rings. The molecule has 3 unspecified atom stereocenters. The minimum Gasteiger partial charge on any atom is -0.404 e. The molecule has 4 saturated carbocycles. The predicted molar refractivity (Wildman–Crippen MR) is 107 cm³/mol. The zero-order valence-electron chi connectivity index (χ0n) is 17.9. The molecule has 2 bridgehead atoms. The van der Waals surface area contributed by atoms with Gasteiger partial charge in [0.1, 0.15) is 6.04 Å². The van der Waals surface area contributed by atoms with Crippen LogP contribution < -0.4 is 10.6 Å². The first kappa shape index (κ1) is 20.2. The molecule has 4 aliphatic carbocycles. The predicted octanol–water partition coefficient (Wildman–Crippen LogP) is 2.45. The average molecular weight is 390 g/mol. The van der Waals surface area contributed by atoms with Crippen molar-refractivity contribution in [2.45, 2.75) is 96.8 Å². The Morgan fingerprint density at radius 1 is 1.18 bits per heavy atom. The molecular formula is C21H35BN2O4. The summed E-state index contributed by atoms with van der Waals surface area (Å²) in [6, 6.07) is -0.563. The lowest BCUT2D eigenvalue weighted by Crippen LogP contribution is -2.65. The molecule has 6 atom stereocenters. The quantitative estimate of drug-likeness (QED) is 0.683. The van der Waals surface area contributed by atoms with Gasteiger partial charge in [-0.05, 0) is 56.3 Å². The highest BCUT2D eigenvalue weighted by Crippen LogP contribution is 2.65. The van der Waals surface area contributed by atoms with E-state index in [9.17, 15) is 9.59 Å². The molecule has 6 nitrogen and oxygen atoms in total. The van der Waals surface area contributed by atoms with Crippen molar-refractivity contribution < 1.29 is 18.9 Å². The molecule has 1 aliphatic heterocycles. The Labute approximate surface area is 169 Å². The van der Waals surface area contributed by atoms with E-state index in [4.69, 9.17) is 9.31 Å². The highest BCUT2D eigenvalue weighted by Gasteiger charge is 2.68. The first-order chi connectivity index (χ1) is 13.1. The summed E-state index contributed by atoms with van der Waals surface area (Å²) in [5.41, 5.74) is 0.0326. The van der Waals surface area contributed by atoms with E-state index >= 15 is 0 Å². The van der Waals surface area contributed by atoms with Crippen LogP contribution in [0.1, 0.15) is 73.1 Å². The smallest absolute Gasteiger partial charge is 0.404 e. The molecule has 5 rings (SSSR count). The monoisotopic (exact) mass is 390 g/mol. The van der Waals surface area contributed by atoms with Gasteiger partial charge in [0.2, 0.25) is 11.8 Å². The third-order valence-corrected chi connectivity index (χ3v) is 8.25. The summed E-state index contributed by atoms with van der Waals surface area (Å²) in [5, 5.41) is 5.80. The number of hydrogen-bond donors (Lipinski definition) is 2. The number of carbonyl (C=O) groups is 2. The fourth-order valence-corrected chi connectivity index (χ4v) is 6.07. The maximum absolute atomic E-state index is 12.7. The average Bonchev–Trinajstić information content (AvgIpc) is 2.92. The van der Waals surface area contributed by atoms with Crippen LogP contribution in [0.4, 0.5) is 0 Å². The van der Waals surface area contributed by atoms with Gasteiger partial charge in [0.05, 0.1) is 17.6 Å². The van der Waals surface area contributed by atoms with Gasteiger partial charge in [-0.25, -0.2) is 0 Å². The first-order valence-corrected chi connectivity index (χ1v) is 11.0. The normalized spacial score (nSPS) is 37.9. The van der Waals surface area contributed by atoms with Gasteiger partial charge in [0.15, 0.2) is 0 Å². The van der Waals surface area contributed by atoms with Gasteiger partial charge < -0.3 is 19.9 Å². The van der Waals surface area contributed by atoms with Gasteiger partial charge in [-0.15, -0.1) is 0 Å². The van der Waals surface area contributed by atoms with E-state index in [0.717, 1.165) is 12.8 Å². The van der Waals surface area contributed by atoms with Crippen molar-refractivity contribution in [1.29, 1.82) is 0 Å². The van der Waals surface area contributed by atoms with Crippen molar-refractivity contribution >= 4 is 18.9 Å². The van der Waals surface area contributed by atoms with Gasteiger partial charge in [0, 0.05) is 6.92 Å². The second kappa shape index (κ2) is 7.01. The molecule has 0 aromatic heterocycles. The highest BCUT2D eigenvalue weighted by molar-refractivity contribution is 6.47. The van der Waals surface area contributed by atoms with Crippen LogP contribution in [0.15, 0.2) is 0 Å². The highest BCUT2D eigenvalue weighted by atomic mass is 16.7. The van der Waals surface area contributed by atoms with Gasteiger partial charge in [-0.2, -0.15) is 0 Å². The van der Waals surface area contributed by atoms with E-state index in [1.165, 1.54) is 32.6 Å². The van der Waals surface area contributed by atoms with Crippen LogP contribution in [-0.2, 0) is 18.9 Å². The molecule has 0 spiro atoms. The number of carbonyl (C=O) groups excluding carboxylic acids is 2. The molecule has 2 amide bonds. The Morgan fingerprint density at radius 3 is 2.46 bits per heavy atom. The van der Waals surface area contributed by atoms with Crippen LogP contribution >= 0.6 is 0 Å². The van der Waals surface area contributed by atoms with Crippen molar-refractivity contribution in [3.8, 4) is 0 Å². The van der Waals surface area contributed by atoms with E-state index in [0.29, 0.717) is 23.2 Å². The molecule has 2 N–H and O–H groups in total. The number of rotatable bonds is 6. The molecule has 28 heavy (non-hydrogen) atoms. The van der Waals surface area contributed by atoms with Crippen LogP contribution in [-0.4, -0.2) is 42.6 Å². The number of nitrogens with one attached hydrogen (secondary N) is 2. The van der Waals surface area contributed by atoms with Crippen LogP contribution in [0.2, 0.25) is 0 Å². The molecule has 0 aromatic carbocycles. The molecule has 0 aromatic rings. The van der Waals surface area contributed by atoms with Crippen molar-refractivity contribution in [1.82, 2.24) is 10.6 Å².